The lowest BCUT2D eigenvalue weighted by Crippen LogP contribution is -2.26. The van der Waals surface area contributed by atoms with Crippen LogP contribution in [0, 0.1) is 0 Å². The number of nitrogens with zero attached hydrogens (tertiary/aromatic N) is 1. The maximum Gasteiger partial charge on any atom is 0.177 e. The highest BCUT2D eigenvalue weighted by Gasteiger charge is 2.09. The molecular weight excluding hydrogens is 278 g/mol. The van der Waals surface area contributed by atoms with Gasteiger partial charge in [-0.15, -0.1) is 0 Å². The summed E-state index contributed by atoms with van der Waals surface area (Å²) in [6.45, 7) is 0. The Labute approximate surface area is 136 Å². The van der Waals surface area contributed by atoms with Crippen molar-refractivity contribution in [3.63, 3.8) is 0 Å². The van der Waals surface area contributed by atoms with Crippen molar-refractivity contribution in [2.75, 3.05) is 0 Å². The molecule has 4 rings (SSSR count). The third-order valence-corrected chi connectivity index (χ3v) is 4.23. The molecule has 110 valence electrons. The van der Waals surface area contributed by atoms with E-state index in [1.165, 1.54) is 33.0 Å². The van der Waals surface area contributed by atoms with Gasteiger partial charge < -0.3 is 0 Å². The molecule has 1 nitrogen and oxygen atoms in total. The lowest BCUT2D eigenvalue weighted by atomic mass is 9.98. The summed E-state index contributed by atoms with van der Waals surface area (Å²) in [5.41, 5.74) is 5.02. The third kappa shape index (κ3) is 2.62. The molecule has 0 spiro atoms. The zero-order valence-corrected chi connectivity index (χ0v) is 13.1. The van der Waals surface area contributed by atoms with E-state index >= 15 is 0 Å². The van der Waals surface area contributed by atoms with Crippen molar-refractivity contribution < 1.29 is 4.57 Å². The van der Waals surface area contributed by atoms with Crippen LogP contribution in [0.1, 0.15) is 0 Å². The Morgan fingerprint density at radius 1 is 0.565 bits per heavy atom. The van der Waals surface area contributed by atoms with Crippen molar-refractivity contribution in [2.24, 2.45) is 7.05 Å². The van der Waals surface area contributed by atoms with Gasteiger partial charge in [-0.25, -0.2) is 4.57 Å². The van der Waals surface area contributed by atoms with Crippen LogP contribution in [0.3, 0.4) is 0 Å². The summed E-state index contributed by atoms with van der Waals surface area (Å²) in [4.78, 5) is 0. The summed E-state index contributed by atoms with van der Waals surface area (Å²) in [7, 11) is 2.08. The largest absolute Gasteiger partial charge is 0.207 e. The minimum Gasteiger partial charge on any atom is -0.207 e. The average molecular weight is 296 g/mol. The van der Waals surface area contributed by atoms with Crippen LogP contribution >= 0.6 is 0 Å². The van der Waals surface area contributed by atoms with E-state index in [0.717, 1.165) is 0 Å². The Bertz CT molecular complexity index is 954. The zero-order valence-electron chi connectivity index (χ0n) is 13.1. The quantitative estimate of drug-likeness (QED) is 0.458. The molecule has 23 heavy (non-hydrogen) atoms. The summed E-state index contributed by atoms with van der Waals surface area (Å²) >= 11 is 0. The van der Waals surface area contributed by atoms with E-state index in [1.807, 2.05) is 6.07 Å². The van der Waals surface area contributed by atoms with Crippen LogP contribution in [0.2, 0.25) is 0 Å². The molecule has 4 aromatic rings. The number of aryl methyl sites for hydroxylation is 1. The van der Waals surface area contributed by atoms with E-state index in [4.69, 9.17) is 0 Å². The topological polar surface area (TPSA) is 3.88 Å². The lowest BCUT2D eigenvalue weighted by molar-refractivity contribution is -0.669. The Balaban J connectivity index is 1.83. The maximum absolute atomic E-state index is 2.21. The van der Waals surface area contributed by atoms with Crippen LogP contribution in [0.4, 0.5) is 0 Å². The molecule has 0 atom stereocenters. The van der Waals surface area contributed by atoms with Crippen LogP contribution in [0.25, 0.3) is 33.0 Å². The molecule has 1 heteroatoms. The highest BCUT2D eigenvalue weighted by atomic mass is 14.9. The van der Waals surface area contributed by atoms with Crippen LogP contribution < -0.4 is 4.57 Å². The minimum atomic E-state index is 1.25. The van der Waals surface area contributed by atoms with Gasteiger partial charge in [0, 0.05) is 10.8 Å². The van der Waals surface area contributed by atoms with E-state index < -0.39 is 0 Å². The smallest absolute Gasteiger partial charge is 0.177 e. The van der Waals surface area contributed by atoms with Gasteiger partial charge >= 0.3 is 0 Å². The van der Waals surface area contributed by atoms with Crippen molar-refractivity contribution in [3.05, 3.63) is 91.3 Å². The van der Waals surface area contributed by atoms with Crippen molar-refractivity contribution in [1.29, 1.82) is 0 Å². The van der Waals surface area contributed by atoms with Gasteiger partial charge in [0.1, 0.15) is 7.05 Å². The fourth-order valence-corrected chi connectivity index (χ4v) is 3.09. The molecule has 0 saturated heterocycles. The monoisotopic (exact) mass is 296 g/mol. The molecule has 0 N–H and O–H groups in total. The Kier molecular flexibility index (Phi) is 3.39. The molecule has 0 radical (unpaired) electrons. The number of benzene rings is 3. The normalized spacial score (nSPS) is 10.8. The fourth-order valence-electron chi connectivity index (χ4n) is 3.09. The van der Waals surface area contributed by atoms with Crippen LogP contribution in [0.5, 0.6) is 0 Å². The molecule has 0 aliphatic heterocycles. The summed E-state index contributed by atoms with van der Waals surface area (Å²) in [5.74, 6) is 0. The maximum atomic E-state index is 2.21. The molecule has 0 amide bonds. The van der Waals surface area contributed by atoms with Gasteiger partial charge in [0.25, 0.3) is 0 Å². The highest BCUT2D eigenvalue weighted by molar-refractivity contribution is 5.95. The molecule has 0 unspecified atom stereocenters. The number of aromatic nitrogens is 1. The van der Waals surface area contributed by atoms with Gasteiger partial charge in [0.05, 0.1) is 5.56 Å². The summed E-state index contributed by atoms with van der Waals surface area (Å²) in [6, 6.07) is 27.9. The molecule has 3 aromatic carbocycles. The SMILES string of the molecule is C[n+]1cc(-c2ccc(-c3ccccc3)cc2)c2ccccc2c1. The van der Waals surface area contributed by atoms with Gasteiger partial charge in [0.2, 0.25) is 0 Å². The number of rotatable bonds is 2. The van der Waals surface area contributed by atoms with Crippen molar-refractivity contribution in [3.8, 4) is 22.3 Å². The van der Waals surface area contributed by atoms with Gasteiger partial charge in [-0.2, -0.15) is 0 Å². The molecule has 0 saturated carbocycles. The average Bonchev–Trinajstić information content (AvgIpc) is 2.62. The zero-order chi connectivity index (χ0) is 15.6. The Morgan fingerprint density at radius 2 is 1.17 bits per heavy atom. The summed E-state index contributed by atoms with van der Waals surface area (Å²) in [5, 5.41) is 2.55. The first-order valence-corrected chi connectivity index (χ1v) is 7.85. The molecule has 0 aliphatic rings. The Hall–Kier alpha value is -2.93. The fraction of sp³-hybridized carbons (Fsp3) is 0.0455. The first-order valence-electron chi connectivity index (χ1n) is 7.85. The second-order valence-electron chi connectivity index (χ2n) is 5.87. The second kappa shape index (κ2) is 5.69. The van der Waals surface area contributed by atoms with Gasteiger partial charge in [-0.1, -0.05) is 72.8 Å². The molecular formula is C22H18N+. The summed E-state index contributed by atoms with van der Waals surface area (Å²) in [6.07, 6.45) is 4.36. The van der Waals surface area contributed by atoms with E-state index in [-0.39, 0.29) is 0 Å². The number of hydrogen-bond acceptors (Lipinski definition) is 0. The standard InChI is InChI=1S/C22H18N/c1-23-15-20-9-5-6-10-21(20)22(16-23)19-13-11-18(12-14-19)17-7-3-2-4-8-17/h2-16H,1H3/q+1. The van der Waals surface area contributed by atoms with E-state index in [9.17, 15) is 0 Å². The molecule has 1 aromatic heterocycles. The molecule has 0 fully saturated rings. The lowest BCUT2D eigenvalue weighted by Gasteiger charge is -2.07. The van der Waals surface area contributed by atoms with Gasteiger partial charge in [0.15, 0.2) is 12.4 Å². The van der Waals surface area contributed by atoms with E-state index in [0.29, 0.717) is 0 Å². The number of fused-ring (bicyclic) bond motifs is 1. The molecule has 1 heterocycles. The van der Waals surface area contributed by atoms with E-state index in [2.05, 4.69) is 96.8 Å². The van der Waals surface area contributed by atoms with Crippen molar-refractivity contribution >= 4 is 10.8 Å². The van der Waals surface area contributed by atoms with Crippen molar-refractivity contribution in [2.45, 2.75) is 0 Å². The van der Waals surface area contributed by atoms with Crippen LogP contribution in [-0.2, 0) is 7.05 Å². The predicted octanol–water partition coefficient (Wildman–Crippen LogP) is 5.00. The first kappa shape index (κ1) is 13.7. The number of pyridine rings is 1. The molecule has 0 aliphatic carbocycles. The van der Waals surface area contributed by atoms with E-state index in [1.54, 1.807) is 0 Å². The van der Waals surface area contributed by atoms with Crippen LogP contribution in [-0.4, -0.2) is 0 Å². The summed E-state index contributed by atoms with van der Waals surface area (Å²) < 4.78 is 2.13. The Morgan fingerprint density at radius 3 is 1.96 bits per heavy atom. The van der Waals surface area contributed by atoms with Gasteiger partial charge in [-0.05, 0) is 22.8 Å². The number of hydrogen-bond donors (Lipinski definition) is 0. The first-order chi connectivity index (χ1) is 11.3. The minimum absolute atomic E-state index is 1.25. The van der Waals surface area contributed by atoms with Crippen molar-refractivity contribution in [1.82, 2.24) is 0 Å². The highest BCUT2D eigenvalue weighted by Crippen LogP contribution is 2.29. The second-order valence-corrected chi connectivity index (χ2v) is 5.87. The third-order valence-electron chi connectivity index (χ3n) is 4.23. The predicted molar refractivity (Wildman–Crippen MR) is 96.0 cm³/mol. The molecule has 0 bridgehead atoms. The van der Waals surface area contributed by atoms with Gasteiger partial charge in [-0.3, -0.25) is 0 Å². The van der Waals surface area contributed by atoms with Crippen LogP contribution in [0.15, 0.2) is 91.3 Å².